The first-order valence-electron chi connectivity index (χ1n) is 8.55. The molecule has 26 heavy (non-hydrogen) atoms. The molecule has 2 aromatic carbocycles. The van der Waals surface area contributed by atoms with Crippen LogP contribution < -0.4 is 4.31 Å². The molecule has 0 aliphatic carbocycles. The molecule has 0 unspecified atom stereocenters. The van der Waals surface area contributed by atoms with Crippen molar-refractivity contribution in [2.24, 2.45) is 0 Å². The van der Waals surface area contributed by atoms with E-state index in [9.17, 15) is 13.2 Å². The summed E-state index contributed by atoms with van der Waals surface area (Å²) in [5.41, 5.74) is 2.11. The van der Waals surface area contributed by atoms with E-state index < -0.39 is 10.0 Å². The van der Waals surface area contributed by atoms with Crippen molar-refractivity contribution in [1.82, 2.24) is 4.90 Å². The molecule has 1 saturated heterocycles. The van der Waals surface area contributed by atoms with E-state index in [1.165, 1.54) is 4.31 Å². The van der Waals surface area contributed by atoms with Crippen molar-refractivity contribution in [3.05, 3.63) is 64.7 Å². The molecule has 0 N–H and O–H groups in total. The van der Waals surface area contributed by atoms with E-state index in [1.54, 1.807) is 35.2 Å². The van der Waals surface area contributed by atoms with Crippen molar-refractivity contribution in [3.63, 3.8) is 0 Å². The quantitative estimate of drug-likeness (QED) is 0.781. The van der Waals surface area contributed by atoms with E-state index in [0.29, 0.717) is 42.3 Å². The zero-order valence-electron chi connectivity index (χ0n) is 14.6. The molecule has 2 aromatic rings. The molecule has 0 radical (unpaired) electrons. The van der Waals surface area contributed by atoms with Crippen LogP contribution in [0.15, 0.2) is 48.5 Å². The van der Waals surface area contributed by atoms with Crippen LogP contribution in [0.2, 0.25) is 5.02 Å². The van der Waals surface area contributed by atoms with Crippen LogP contribution in [-0.2, 0) is 16.6 Å². The van der Waals surface area contributed by atoms with E-state index >= 15 is 0 Å². The smallest absolute Gasteiger partial charge is 0.254 e. The van der Waals surface area contributed by atoms with Gasteiger partial charge in [0.2, 0.25) is 10.0 Å². The Morgan fingerprint density at radius 2 is 1.92 bits per heavy atom. The summed E-state index contributed by atoms with van der Waals surface area (Å²) >= 11 is 6.01. The standard InChI is InChI=1S/C19H21ClN2O3S/c1-2-21(14-15-5-3-6-17(20)13-15)19(23)16-7-9-18(10-8-16)22-11-4-12-26(22,24)25/h3,5-10,13H,2,4,11-12,14H2,1H3. The summed E-state index contributed by atoms with van der Waals surface area (Å²) in [6.45, 7) is 3.45. The van der Waals surface area contributed by atoms with Gasteiger partial charge in [-0.25, -0.2) is 8.42 Å². The van der Waals surface area contributed by atoms with E-state index in [4.69, 9.17) is 11.6 Å². The summed E-state index contributed by atoms with van der Waals surface area (Å²) in [6.07, 6.45) is 0.631. The Labute approximate surface area is 159 Å². The average Bonchev–Trinajstić information content (AvgIpc) is 2.98. The third-order valence-electron chi connectivity index (χ3n) is 4.43. The second-order valence-corrected chi connectivity index (χ2v) is 8.69. The van der Waals surface area contributed by atoms with Crippen molar-refractivity contribution in [3.8, 4) is 0 Å². The van der Waals surface area contributed by atoms with Gasteiger partial charge in [0.25, 0.3) is 5.91 Å². The fourth-order valence-corrected chi connectivity index (χ4v) is 4.84. The fraction of sp³-hybridized carbons (Fsp3) is 0.316. The lowest BCUT2D eigenvalue weighted by atomic mass is 10.1. The van der Waals surface area contributed by atoms with Crippen LogP contribution in [0.1, 0.15) is 29.3 Å². The van der Waals surface area contributed by atoms with Gasteiger partial charge in [0.15, 0.2) is 0 Å². The van der Waals surface area contributed by atoms with Crippen LogP contribution in [0.3, 0.4) is 0 Å². The highest BCUT2D eigenvalue weighted by Gasteiger charge is 2.28. The number of carbonyl (C=O) groups excluding carboxylic acids is 1. The summed E-state index contributed by atoms with van der Waals surface area (Å²) in [7, 11) is -3.21. The Kier molecular flexibility index (Phi) is 5.53. The van der Waals surface area contributed by atoms with E-state index in [1.807, 2.05) is 25.1 Å². The maximum Gasteiger partial charge on any atom is 0.254 e. The molecule has 1 amide bonds. The zero-order valence-corrected chi connectivity index (χ0v) is 16.1. The predicted molar refractivity (Wildman–Crippen MR) is 104 cm³/mol. The first-order valence-corrected chi connectivity index (χ1v) is 10.5. The lowest BCUT2D eigenvalue weighted by Gasteiger charge is -2.22. The number of carbonyl (C=O) groups is 1. The minimum Gasteiger partial charge on any atom is -0.335 e. The van der Waals surface area contributed by atoms with Gasteiger partial charge in [-0.3, -0.25) is 9.10 Å². The third-order valence-corrected chi connectivity index (χ3v) is 6.54. The number of hydrogen-bond acceptors (Lipinski definition) is 3. The Bertz CT molecular complexity index is 897. The SMILES string of the molecule is CCN(Cc1cccc(Cl)c1)C(=O)c1ccc(N2CCCS2(=O)=O)cc1. The average molecular weight is 393 g/mol. The predicted octanol–water partition coefficient (Wildman–Crippen LogP) is 3.54. The van der Waals surface area contributed by atoms with Gasteiger partial charge >= 0.3 is 0 Å². The molecule has 5 nitrogen and oxygen atoms in total. The van der Waals surface area contributed by atoms with Crippen LogP contribution in [0.5, 0.6) is 0 Å². The number of nitrogens with zero attached hydrogens (tertiary/aromatic N) is 2. The number of sulfonamides is 1. The van der Waals surface area contributed by atoms with Crippen LogP contribution >= 0.6 is 11.6 Å². The Morgan fingerprint density at radius 1 is 1.19 bits per heavy atom. The third kappa shape index (κ3) is 4.02. The van der Waals surface area contributed by atoms with Gasteiger partial charge in [-0.1, -0.05) is 23.7 Å². The Hall–Kier alpha value is -2.05. The molecule has 0 spiro atoms. The molecule has 3 rings (SSSR count). The number of anilines is 1. The van der Waals surface area contributed by atoms with Crippen molar-refractivity contribution in [2.75, 3.05) is 23.1 Å². The molecule has 7 heteroatoms. The van der Waals surface area contributed by atoms with E-state index in [0.717, 1.165) is 5.56 Å². The minimum atomic E-state index is -3.21. The van der Waals surface area contributed by atoms with Gasteiger partial charge < -0.3 is 4.90 Å². The van der Waals surface area contributed by atoms with Crippen molar-refractivity contribution < 1.29 is 13.2 Å². The highest BCUT2D eigenvalue weighted by molar-refractivity contribution is 7.93. The van der Waals surface area contributed by atoms with Gasteiger partial charge in [-0.15, -0.1) is 0 Å². The molecule has 1 aliphatic heterocycles. The van der Waals surface area contributed by atoms with E-state index in [2.05, 4.69) is 0 Å². The largest absolute Gasteiger partial charge is 0.335 e. The van der Waals surface area contributed by atoms with Crippen molar-refractivity contribution in [2.45, 2.75) is 19.9 Å². The Morgan fingerprint density at radius 3 is 2.50 bits per heavy atom. The number of halogens is 1. The lowest BCUT2D eigenvalue weighted by molar-refractivity contribution is 0.0752. The highest BCUT2D eigenvalue weighted by Crippen LogP contribution is 2.24. The molecular weight excluding hydrogens is 372 g/mol. The zero-order chi connectivity index (χ0) is 18.7. The maximum absolute atomic E-state index is 12.8. The molecule has 0 bridgehead atoms. The minimum absolute atomic E-state index is 0.0942. The monoisotopic (exact) mass is 392 g/mol. The topological polar surface area (TPSA) is 57.7 Å². The molecule has 1 aliphatic rings. The second-order valence-electron chi connectivity index (χ2n) is 6.24. The van der Waals surface area contributed by atoms with Crippen molar-refractivity contribution in [1.29, 1.82) is 0 Å². The summed E-state index contributed by atoms with van der Waals surface area (Å²) in [5.74, 6) is 0.0833. The van der Waals surface area contributed by atoms with Gasteiger partial charge in [-0.05, 0) is 55.3 Å². The Balaban J connectivity index is 1.76. The highest BCUT2D eigenvalue weighted by atomic mass is 35.5. The van der Waals surface area contributed by atoms with E-state index in [-0.39, 0.29) is 11.7 Å². The molecule has 0 saturated carbocycles. The number of amides is 1. The van der Waals surface area contributed by atoms with Gasteiger partial charge in [0, 0.05) is 30.2 Å². The first-order chi connectivity index (χ1) is 12.4. The number of hydrogen-bond donors (Lipinski definition) is 0. The van der Waals surface area contributed by atoms with Crippen LogP contribution in [-0.4, -0.2) is 38.1 Å². The second kappa shape index (κ2) is 7.68. The van der Waals surface area contributed by atoms with Crippen LogP contribution in [0.4, 0.5) is 5.69 Å². The summed E-state index contributed by atoms with van der Waals surface area (Å²) in [6, 6.07) is 14.2. The molecule has 0 aromatic heterocycles. The maximum atomic E-state index is 12.8. The molecule has 0 atom stereocenters. The molecule has 1 fully saturated rings. The number of benzene rings is 2. The van der Waals surface area contributed by atoms with Gasteiger partial charge in [0.1, 0.15) is 0 Å². The molecule has 1 heterocycles. The van der Waals surface area contributed by atoms with Crippen LogP contribution in [0, 0.1) is 0 Å². The summed E-state index contributed by atoms with van der Waals surface area (Å²) < 4.78 is 25.4. The normalized spacial score (nSPS) is 15.8. The molecule has 138 valence electrons. The van der Waals surface area contributed by atoms with Gasteiger partial charge in [-0.2, -0.15) is 0 Å². The van der Waals surface area contributed by atoms with Crippen LogP contribution in [0.25, 0.3) is 0 Å². The van der Waals surface area contributed by atoms with Gasteiger partial charge in [0.05, 0.1) is 11.4 Å². The van der Waals surface area contributed by atoms with Crippen molar-refractivity contribution >= 4 is 33.2 Å². The summed E-state index contributed by atoms with van der Waals surface area (Å²) in [4.78, 5) is 14.5. The first kappa shape index (κ1) is 18.7. The summed E-state index contributed by atoms with van der Waals surface area (Å²) in [5, 5.41) is 0.641. The molecular formula is C19H21ClN2O3S. The lowest BCUT2D eigenvalue weighted by Crippen LogP contribution is -2.30. The fourth-order valence-electron chi connectivity index (χ4n) is 3.07. The number of rotatable bonds is 5.